The smallest absolute Gasteiger partial charge is 0.407 e. The van der Waals surface area contributed by atoms with Gasteiger partial charge in [-0.25, -0.2) is 4.79 Å². The predicted molar refractivity (Wildman–Crippen MR) is 90.0 cm³/mol. The van der Waals surface area contributed by atoms with E-state index in [1.54, 1.807) is 0 Å². The Balaban J connectivity index is 1.68. The molecule has 2 aliphatic carbocycles. The van der Waals surface area contributed by atoms with Crippen molar-refractivity contribution in [2.45, 2.75) is 96.2 Å². The first-order valence-electron chi connectivity index (χ1n) is 9.15. The molecule has 0 saturated heterocycles. The van der Waals surface area contributed by atoms with Crippen LogP contribution >= 0.6 is 0 Å². The molecule has 0 aromatic heterocycles. The summed E-state index contributed by atoms with van der Waals surface area (Å²) in [6.07, 6.45) is 11.3. The first kappa shape index (κ1) is 17.6. The van der Waals surface area contributed by atoms with Crippen molar-refractivity contribution in [1.82, 2.24) is 10.6 Å². The van der Waals surface area contributed by atoms with Crippen LogP contribution in [0.5, 0.6) is 0 Å². The van der Waals surface area contributed by atoms with Gasteiger partial charge in [0.2, 0.25) is 0 Å². The van der Waals surface area contributed by atoms with Crippen LogP contribution < -0.4 is 10.6 Å². The van der Waals surface area contributed by atoms with Gasteiger partial charge >= 0.3 is 6.09 Å². The van der Waals surface area contributed by atoms with E-state index in [4.69, 9.17) is 4.74 Å². The maximum absolute atomic E-state index is 11.9. The van der Waals surface area contributed by atoms with Crippen LogP contribution in [0.4, 0.5) is 4.79 Å². The highest BCUT2D eigenvalue weighted by Crippen LogP contribution is 2.24. The van der Waals surface area contributed by atoms with Gasteiger partial charge < -0.3 is 15.4 Å². The van der Waals surface area contributed by atoms with E-state index in [9.17, 15) is 4.79 Å². The molecule has 4 nitrogen and oxygen atoms in total. The molecule has 0 aliphatic heterocycles. The lowest BCUT2D eigenvalue weighted by Crippen LogP contribution is -2.46. The van der Waals surface area contributed by atoms with E-state index in [0.29, 0.717) is 6.04 Å². The lowest BCUT2D eigenvalue weighted by atomic mass is 9.87. The van der Waals surface area contributed by atoms with Crippen molar-refractivity contribution in [2.75, 3.05) is 6.54 Å². The fraction of sp³-hybridized carbons (Fsp3) is 0.944. The highest BCUT2D eigenvalue weighted by molar-refractivity contribution is 5.68. The summed E-state index contributed by atoms with van der Waals surface area (Å²) in [7, 11) is 0. The third-order valence-electron chi connectivity index (χ3n) is 4.82. The van der Waals surface area contributed by atoms with Crippen molar-refractivity contribution in [3.05, 3.63) is 0 Å². The Bertz CT molecular complexity index is 345. The van der Waals surface area contributed by atoms with E-state index in [1.807, 2.05) is 20.8 Å². The molecular formula is C18H34N2O2. The molecule has 0 radical (unpaired) electrons. The number of rotatable bonds is 4. The zero-order chi connectivity index (χ0) is 16.0. The normalized spacial score (nSPS) is 27.4. The zero-order valence-electron chi connectivity index (χ0n) is 14.6. The van der Waals surface area contributed by atoms with Gasteiger partial charge in [0.25, 0.3) is 0 Å². The number of carbonyl (C=O) groups is 1. The third-order valence-corrected chi connectivity index (χ3v) is 4.82. The Morgan fingerprint density at radius 3 is 2.36 bits per heavy atom. The topological polar surface area (TPSA) is 50.4 Å². The maximum Gasteiger partial charge on any atom is 0.407 e. The van der Waals surface area contributed by atoms with Crippen LogP contribution in [0.1, 0.15) is 78.6 Å². The second-order valence-corrected chi connectivity index (χ2v) is 8.12. The second-order valence-electron chi connectivity index (χ2n) is 8.12. The van der Waals surface area contributed by atoms with Gasteiger partial charge in [0.1, 0.15) is 5.60 Å². The van der Waals surface area contributed by atoms with E-state index < -0.39 is 5.60 Å². The van der Waals surface area contributed by atoms with Gasteiger partial charge in [-0.15, -0.1) is 0 Å². The lowest BCUT2D eigenvalue weighted by Gasteiger charge is -2.32. The monoisotopic (exact) mass is 310 g/mol. The van der Waals surface area contributed by atoms with Crippen LogP contribution in [-0.2, 0) is 4.74 Å². The van der Waals surface area contributed by atoms with Crippen LogP contribution in [0, 0.1) is 5.92 Å². The molecule has 22 heavy (non-hydrogen) atoms. The van der Waals surface area contributed by atoms with Crippen molar-refractivity contribution in [1.29, 1.82) is 0 Å². The van der Waals surface area contributed by atoms with Crippen LogP contribution in [0.3, 0.4) is 0 Å². The molecule has 4 heteroatoms. The molecule has 2 unspecified atom stereocenters. The summed E-state index contributed by atoms with van der Waals surface area (Å²) in [5.74, 6) is 0.868. The van der Waals surface area contributed by atoms with Crippen molar-refractivity contribution in [3.8, 4) is 0 Å². The number of carbonyl (C=O) groups excluding carboxylic acids is 1. The largest absolute Gasteiger partial charge is 0.444 e. The minimum absolute atomic E-state index is 0.257. The summed E-state index contributed by atoms with van der Waals surface area (Å²) < 4.78 is 5.36. The standard InChI is InChI=1S/C18H34N2O2/c1-18(2,3)22-17(21)20-16-11-7-10-15(12-16)19-13-14-8-5-4-6-9-14/h14-16,19H,4-13H2,1-3H3,(H,20,21). The SMILES string of the molecule is CC(C)(C)OC(=O)NC1CCCC(NCC2CCCCC2)C1. The summed E-state index contributed by atoms with van der Waals surface area (Å²) in [5.41, 5.74) is -0.419. The molecule has 2 N–H and O–H groups in total. The molecule has 0 bridgehead atoms. The van der Waals surface area contributed by atoms with E-state index in [0.717, 1.165) is 25.3 Å². The van der Waals surface area contributed by atoms with Crippen molar-refractivity contribution in [3.63, 3.8) is 0 Å². The number of hydrogen-bond donors (Lipinski definition) is 2. The molecule has 0 heterocycles. The average molecular weight is 310 g/mol. The van der Waals surface area contributed by atoms with Crippen molar-refractivity contribution < 1.29 is 9.53 Å². The molecule has 0 aromatic carbocycles. The third kappa shape index (κ3) is 6.55. The number of hydrogen-bond acceptors (Lipinski definition) is 3. The quantitative estimate of drug-likeness (QED) is 0.825. The fourth-order valence-corrected chi connectivity index (χ4v) is 3.71. The molecule has 1 amide bonds. The van der Waals surface area contributed by atoms with Crippen LogP contribution in [0.2, 0.25) is 0 Å². The van der Waals surface area contributed by atoms with E-state index in [2.05, 4.69) is 10.6 Å². The summed E-state index contributed by atoms with van der Waals surface area (Å²) in [5, 5.41) is 6.79. The van der Waals surface area contributed by atoms with Crippen molar-refractivity contribution in [2.24, 2.45) is 5.92 Å². The molecule has 0 aromatic rings. The van der Waals surface area contributed by atoms with Gasteiger partial charge in [-0.3, -0.25) is 0 Å². The first-order valence-corrected chi connectivity index (χ1v) is 9.15. The fourth-order valence-electron chi connectivity index (χ4n) is 3.71. The van der Waals surface area contributed by atoms with Crippen LogP contribution in [0.15, 0.2) is 0 Å². The van der Waals surface area contributed by atoms with Gasteiger partial charge in [0.15, 0.2) is 0 Å². The predicted octanol–water partition coefficient (Wildman–Crippen LogP) is 3.99. The minimum atomic E-state index is -0.419. The molecule has 0 spiro atoms. The Morgan fingerprint density at radius 1 is 1.00 bits per heavy atom. The first-order chi connectivity index (χ1) is 10.4. The summed E-state index contributed by atoms with van der Waals surface area (Å²) in [6.45, 7) is 6.87. The second kappa shape index (κ2) is 8.19. The van der Waals surface area contributed by atoms with E-state index >= 15 is 0 Å². The molecule has 128 valence electrons. The zero-order valence-corrected chi connectivity index (χ0v) is 14.6. The van der Waals surface area contributed by atoms with Crippen molar-refractivity contribution >= 4 is 6.09 Å². The number of ether oxygens (including phenoxy) is 1. The Morgan fingerprint density at radius 2 is 1.68 bits per heavy atom. The molecule has 2 aliphatic rings. The van der Waals surface area contributed by atoms with Gasteiger partial charge in [-0.2, -0.15) is 0 Å². The van der Waals surface area contributed by atoms with E-state index in [1.165, 1.54) is 44.9 Å². The Kier molecular flexibility index (Phi) is 6.54. The summed E-state index contributed by atoms with van der Waals surface area (Å²) in [4.78, 5) is 11.9. The highest BCUT2D eigenvalue weighted by atomic mass is 16.6. The molecule has 2 atom stereocenters. The van der Waals surface area contributed by atoms with Gasteiger partial charge in [-0.1, -0.05) is 19.3 Å². The van der Waals surface area contributed by atoms with Crippen LogP contribution in [0.25, 0.3) is 0 Å². The molecule has 2 saturated carbocycles. The van der Waals surface area contributed by atoms with Gasteiger partial charge in [-0.05, 0) is 71.8 Å². The number of nitrogens with one attached hydrogen (secondary N) is 2. The highest BCUT2D eigenvalue weighted by Gasteiger charge is 2.26. The summed E-state index contributed by atoms with van der Waals surface area (Å²) in [6, 6.07) is 0.808. The molecular weight excluding hydrogens is 276 g/mol. The Hall–Kier alpha value is -0.770. The molecule has 2 rings (SSSR count). The lowest BCUT2D eigenvalue weighted by molar-refractivity contribution is 0.0488. The number of amides is 1. The van der Waals surface area contributed by atoms with E-state index in [-0.39, 0.29) is 12.1 Å². The number of alkyl carbamates (subject to hydrolysis) is 1. The minimum Gasteiger partial charge on any atom is -0.444 e. The maximum atomic E-state index is 11.9. The van der Waals surface area contributed by atoms with Crippen LogP contribution in [-0.4, -0.2) is 30.3 Å². The molecule has 2 fully saturated rings. The van der Waals surface area contributed by atoms with Gasteiger partial charge in [0, 0.05) is 12.1 Å². The Labute approximate surface area is 135 Å². The summed E-state index contributed by atoms with van der Waals surface area (Å²) >= 11 is 0. The van der Waals surface area contributed by atoms with Gasteiger partial charge in [0.05, 0.1) is 0 Å². The average Bonchev–Trinajstić information content (AvgIpc) is 2.44.